The van der Waals surface area contributed by atoms with Crippen molar-refractivity contribution in [2.45, 2.75) is 45.6 Å². The Hall–Kier alpha value is -3.12. The summed E-state index contributed by atoms with van der Waals surface area (Å²) in [5.74, 6) is -0.323. The number of sulfonamides is 1. The Balaban J connectivity index is 1.83. The van der Waals surface area contributed by atoms with Crippen molar-refractivity contribution in [3.05, 3.63) is 94.0 Å². The Morgan fingerprint density at radius 2 is 1.45 bits per heavy atom. The van der Waals surface area contributed by atoms with E-state index >= 15 is 0 Å². The molecular formula is C25H28N2O3S. The monoisotopic (exact) mass is 436 g/mol. The summed E-state index contributed by atoms with van der Waals surface area (Å²) < 4.78 is 28.7. The molecule has 0 radical (unpaired) electrons. The van der Waals surface area contributed by atoms with Gasteiger partial charge in [-0.3, -0.25) is 9.52 Å². The summed E-state index contributed by atoms with van der Waals surface area (Å²) in [6, 6.07) is 17.8. The van der Waals surface area contributed by atoms with Gasteiger partial charge in [-0.15, -0.1) is 0 Å². The minimum Gasteiger partial charge on any atom is -0.346 e. The maximum Gasteiger partial charge on any atom is 0.262 e. The zero-order chi connectivity index (χ0) is 22.8. The first kappa shape index (κ1) is 22.6. The Morgan fingerprint density at radius 3 is 2.10 bits per heavy atom. The molecule has 0 heterocycles. The van der Waals surface area contributed by atoms with Crippen LogP contribution in [0.15, 0.2) is 65.6 Å². The fraction of sp³-hybridized carbons (Fsp3) is 0.240. The molecule has 0 fully saturated rings. The molecule has 0 aliphatic carbocycles. The molecule has 1 amide bonds. The van der Waals surface area contributed by atoms with Crippen LogP contribution in [0, 0.1) is 27.7 Å². The van der Waals surface area contributed by atoms with Crippen molar-refractivity contribution in [2.75, 3.05) is 4.72 Å². The van der Waals surface area contributed by atoms with Gasteiger partial charge in [0.25, 0.3) is 15.9 Å². The Morgan fingerprint density at radius 1 is 0.806 bits per heavy atom. The summed E-state index contributed by atoms with van der Waals surface area (Å²) in [7, 11) is -3.85. The highest BCUT2D eigenvalue weighted by Gasteiger charge is 2.20. The van der Waals surface area contributed by atoms with Gasteiger partial charge >= 0.3 is 0 Å². The molecule has 0 aliphatic rings. The standard InChI is InChI=1S/C25H28N2O3S/c1-16-6-10-21(11-7-16)20(5)26-25(28)22-12-8-18(3)24(15-22)31(29,30)27-23-13-9-17(2)19(4)14-23/h6-15,20,27H,1-5H3,(H,26,28)/t20-/m1/s1. The first-order valence-electron chi connectivity index (χ1n) is 10.1. The van der Waals surface area contributed by atoms with Crippen molar-refractivity contribution >= 4 is 21.6 Å². The van der Waals surface area contributed by atoms with Crippen LogP contribution in [0.2, 0.25) is 0 Å². The van der Waals surface area contributed by atoms with Crippen molar-refractivity contribution in [3.8, 4) is 0 Å². The molecule has 6 heteroatoms. The van der Waals surface area contributed by atoms with Gasteiger partial charge in [0.2, 0.25) is 0 Å². The third kappa shape index (κ3) is 5.33. The number of carbonyl (C=O) groups excluding carboxylic acids is 1. The van der Waals surface area contributed by atoms with Gasteiger partial charge in [-0.1, -0.05) is 42.0 Å². The lowest BCUT2D eigenvalue weighted by Gasteiger charge is -2.16. The highest BCUT2D eigenvalue weighted by molar-refractivity contribution is 7.92. The lowest BCUT2D eigenvalue weighted by atomic mass is 10.1. The molecule has 162 valence electrons. The van der Waals surface area contributed by atoms with E-state index in [4.69, 9.17) is 0 Å². The number of hydrogen-bond acceptors (Lipinski definition) is 3. The van der Waals surface area contributed by atoms with Crippen LogP contribution in [0.5, 0.6) is 0 Å². The third-order valence-electron chi connectivity index (χ3n) is 5.42. The van der Waals surface area contributed by atoms with Crippen LogP contribution in [0.3, 0.4) is 0 Å². The highest BCUT2D eigenvalue weighted by Crippen LogP contribution is 2.23. The van der Waals surface area contributed by atoms with Crippen LogP contribution >= 0.6 is 0 Å². The van der Waals surface area contributed by atoms with E-state index in [-0.39, 0.29) is 16.8 Å². The van der Waals surface area contributed by atoms with E-state index in [2.05, 4.69) is 10.0 Å². The van der Waals surface area contributed by atoms with Crippen molar-refractivity contribution in [1.82, 2.24) is 5.32 Å². The summed E-state index contributed by atoms with van der Waals surface area (Å²) in [5, 5.41) is 2.94. The average molecular weight is 437 g/mol. The van der Waals surface area contributed by atoms with Gasteiger partial charge in [0.05, 0.1) is 10.9 Å². The minimum atomic E-state index is -3.85. The number of benzene rings is 3. The molecule has 3 rings (SSSR count). The molecule has 3 aromatic rings. The number of rotatable bonds is 6. The number of carbonyl (C=O) groups is 1. The van der Waals surface area contributed by atoms with Gasteiger partial charge in [-0.2, -0.15) is 0 Å². The first-order valence-corrected chi connectivity index (χ1v) is 11.6. The van der Waals surface area contributed by atoms with Gasteiger partial charge in [0.1, 0.15) is 0 Å². The summed E-state index contributed by atoms with van der Waals surface area (Å²) >= 11 is 0. The molecule has 1 atom stereocenters. The number of nitrogens with one attached hydrogen (secondary N) is 2. The van der Waals surface area contributed by atoms with Crippen molar-refractivity contribution < 1.29 is 13.2 Å². The van der Waals surface area contributed by atoms with Crippen LogP contribution in [-0.4, -0.2) is 14.3 Å². The SMILES string of the molecule is Cc1ccc([C@@H](C)NC(=O)c2ccc(C)c(S(=O)(=O)Nc3ccc(C)c(C)c3)c2)cc1. The molecule has 5 nitrogen and oxygen atoms in total. The molecule has 0 saturated carbocycles. The van der Waals surface area contributed by atoms with Gasteiger partial charge in [0.15, 0.2) is 0 Å². The summed E-state index contributed by atoms with van der Waals surface area (Å²) in [5.41, 5.74) is 5.56. The number of hydrogen-bond donors (Lipinski definition) is 2. The van der Waals surface area contributed by atoms with Crippen molar-refractivity contribution in [1.29, 1.82) is 0 Å². The topological polar surface area (TPSA) is 75.3 Å². The number of aryl methyl sites for hydroxylation is 4. The van der Waals surface area contributed by atoms with Gasteiger partial charge < -0.3 is 5.32 Å². The van der Waals surface area contributed by atoms with Crippen LogP contribution in [0.25, 0.3) is 0 Å². The average Bonchev–Trinajstić information content (AvgIpc) is 2.71. The summed E-state index contributed by atoms with van der Waals surface area (Å²) in [6.07, 6.45) is 0. The Kier molecular flexibility index (Phi) is 6.51. The van der Waals surface area contributed by atoms with Crippen molar-refractivity contribution in [3.63, 3.8) is 0 Å². The Labute approximate surface area is 184 Å². The van der Waals surface area contributed by atoms with E-state index in [0.29, 0.717) is 16.8 Å². The second kappa shape index (κ2) is 8.94. The molecule has 0 saturated heterocycles. The fourth-order valence-corrected chi connectivity index (χ4v) is 4.59. The quantitative estimate of drug-likeness (QED) is 0.557. The molecular weight excluding hydrogens is 408 g/mol. The molecule has 0 bridgehead atoms. The lowest BCUT2D eigenvalue weighted by Crippen LogP contribution is -2.27. The van der Waals surface area contributed by atoms with E-state index < -0.39 is 10.0 Å². The minimum absolute atomic E-state index is 0.0846. The Bertz CT molecular complexity index is 1220. The third-order valence-corrected chi connectivity index (χ3v) is 6.95. The second-order valence-electron chi connectivity index (χ2n) is 7.99. The molecule has 31 heavy (non-hydrogen) atoms. The fourth-order valence-electron chi connectivity index (χ4n) is 3.26. The van der Waals surface area contributed by atoms with E-state index in [9.17, 15) is 13.2 Å². The van der Waals surface area contributed by atoms with Crippen LogP contribution in [-0.2, 0) is 10.0 Å². The molecule has 3 aromatic carbocycles. The normalized spacial score (nSPS) is 12.3. The molecule has 0 aromatic heterocycles. The molecule has 2 N–H and O–H groups in total. The highest BCUT2D eigenvalue weighted by atomic mass is 32.2. The number of amides is 1. The maximum absolute atomic E-state index is 13.0. The zero-order valence-corrected chi connectivity index (χ0v) is 19.3. The maximum atomic E-state index is 13.0. The van der Waals surface area contributed by atoms with Gasteiger partial charge in [-0.05, 0) is 81.1 Å². The van der Waals surface area contributed by atoms with Crippen molar-refractivity contribution in [2.24, 2.45) is 0 Å². The van der Waals surface area contributed by atoms with E-state index in [1.54, 1.807) is 31.2 Å². The molecule has 0 unspecified atom stereocenters. The van der Waals surface area contributed by atoms with E-state index in [1.807, 2.05) is 58.0 Å². The van der Waals surface area contributed by atoms with Crippen LogP contribution in [0.1, 0.15) is 51.1 Å². The molecule has 0 aliphatic heterocycles. The molecule has 0 spiro atoms. The largest absolute Gasteiger partial charge is 0.346 e. The van der Waals surface area contributed by atoms with Crippen LogP contribution in [0.4, 0.5) is 5.69 Å². The zero-order valence-electron chi connectivity index (χ0n) is 18.5. The second-order valence-corrected chi connectivity index (χ2v) is 9.64. The van der Waals surface area contributed by atoms with E-state index in [0.717, 1.165) is 22.3 Å². The predicted octanol–water partition coefficient (Wildman–Crippen LogP) is 5.21. The van der Waals surface area contributed by atoms with Crippen LogP contribution < -0.4 is 10.0 Å². The lowest BCUT2D eigenvalue weighted by molar-refractivity contribution is 0.0939. The summed E-state index contributed by atoms with van der Waals surface area (Å²) in [4.78, 5) is 12.9. The van der Waals surface area contributed by atoms with Gasteiger partial charge in [-0.25, -0.2) is 8.42 Å². The van der Waals surface area contributed by atoms with E-state index in [1.165, 1.54) is 6.07 Å². The van der Waals surface area contributed by atoms with Gasteiger partial charge in [0, 0.05) is 11.3 Å². The predicted molar refractivity (Wildman–Crippen MR) is 125 cm³/mol. The first-order chi connectivity index (χ1) is 14.6. The summed E-state index contributed by atoms with van der Waals surface area (Å²) in [6.45, 7) is 9.52. The number of anilines is 1. The smallest absolute Gasteiger partial charge is 0.262 e.